The molecular formula is C22H24ClN3OS. The molecule has 4 nitrogen and oxygen atoms in total. The summed E-state index contributed by atoms with van der Waals surface area (Å²) < 4.78 is 1.25. The Labute approximate surface area is 174 Å². The van der Waals surface area contributed by atoms with Gasteiger partial charge < -0.3 is 10.2 Å². The third-order valence-electron chi connectivity index (χ3n) is 5.42. The van der Waals surface area contributed by atoms with E-state index in [0.29, 0.717) is 12.5 Å². The van der Waals surface area contributed by atoms with Crippen LogP contribution < -0.4 is 5.32 Å². The lowest BCUT2D eigenvalue weighted by atomic mass is 9.97. The van der Waals surface area contributed by atoms with Crippen molar-refractivity contribution < 1.29 is 4.79 Å². The predicted octanol–water partition coefficient (Wildman–Crippen LogP) is 5.01. The van der Waals surface area contributed by atoms with Crippen LogP contribution in [0.4, 0.5) is 0 Å². The van der Waals surface area contributed by atoms with Crippen LogP contribution in [0.25, 0.3) is 10.2 Å². The van der Waals surface area contributed by atoms with Crippen LogP contribution in [0.3, 0.4) is 0 Å². The van der Waals surface area contributed by atoms with Gasteiger partial charge in [-0.05, 0) is 49.6 Å². The van der Waals surface area contributed by atoms with Gasteiger partial charge in [-0.1, -0.05) is 35.9 Å². The molecule has 2 aromatic carbocycles. The zero-order valence-electron chi connectivity index (χ0n) is 15.9. The molecule has 1 N–H and O–H groups in total. The number of likely N-dealkylation sites (tertiary alicyclic amines) is 1. The molecule has 146 valence electrons. The molecule has 1 aliphatic heterocycles. The van der Waals surface area contributed by atoms with Gasteiger partial charge in [0.25, 0.3) is 0 Å². The first kappa shape index (κ1) is 19.4. The molecule has 3 aromatic rings. The second kappa shape index (κ2) is 8.60. The van der Waals surface area contributed by atoms with Crippen molar-refractivity contribution in [2.75, 3.05) is 19.6 Å². The monoisotopic (exact) mass is 413 g/mol. The number of piperidine rings is 1. The summed E-state index contributed by atoms with van der Waals surface area (Å²) in [5, 5.41) is 5.25. The molecule has 28 heavy (non-hydrogen) atoms. The Bertz CT molecular complexity index is 932. The molecular weight excluding hydrogens is 390 g/mol. The number of halogens is 1. The molecule has 1 aromatic heterocycles. The Morgan fingerprint density at radius 2 is 2.04 bits per heavy atom. The number of carbonyl (C=O) groups excluding carboxylic acids is 1. The standard InChI is InChI=1S/C22H24ClN3OS/c1-15(17-5-4-6-18(23)13-17)24-14-21(27)26-11-9-16(10-12-26)22-25-19-7-2-3-8-20(19)28-22/h2-8,13,15-16,24H,9-12,14H2,1H3/t15-/m1/s1. The lowest BCUT2D eigenvalue weighted by Crippen LogP contribution is -2.43. The number of rotatable bonds is 5. The van der Waals surface area contributed by atoms with Crippen molar-refractivity contribution in [1.29, 1.82) is 0 Å². The molecule has 0 unspecified atom stereocenters. The molecule has 2 heterocycles. The fourth-order valence-electron chi connectivity index (χ4n) is 3.69. The average Bonchev–Trinajstić information content (AvgIpc) is 3.16. The quantitative estimate of drug-likeness (QED) is 0.639. The zero-order chi connectivity index (χ0) is 19.5. The molecule has 1 atom stereocenters. The van der Waals surface area contributed by atoms with Crippen LogP contribution in [0, 0.1) is 0 Å². The zero-order valence-corrected chi connectivity index (χ0v) is 17.5. The molecule has 6 heteroatoms. The van der Waals surface area contributed by atoms with Gasteiger partial charge >= 0.3 is 0 Å². The van der Waals surface area contributed by atoms with E-state index in [4.69, 9.17) is 16.6 Å². The Morgan fingerprint density at radius 3 is 2.79 bits per heavy atom. The van der Waals surface area contributed by atoms with Crippen LogP contribution in [0.2, 0.25) is 5.02 Å². The number of nitrogens with zero attached hydrogens (tertiary/aromatic N) is 2. The summed E-state index contributed by atoms with van der Waals surface area (Å²) in [4.78, 5) is 19.4. The van der Waals surface area contributed by atoms with E-state index in [1.807, 2.05) is 35.2 Å². The summed E-state index contributed by atoms with van der Waals surface area (Å²) >= 11 is 7.84. The maximum absolute atomic E-state index is 12.6. The van der Waals surface area contributed by atoms with Gasteiger partial charge in [0.05, 0.1) is 21.8 Å². The van der Waals surface area contributed by atoms with Crippen LogP contribution in [-0.4, -0.2) is 35.4 Å². The number of thiazole rings is 1. The van der Waals surface area contributed by atoms with E-state index >= 15 is 0 Å². The van der Waals surface area contributed by atoms with Gasteiger partial charge in [0.2, 0.25) is 5.91 Å². The van der Waals surface area contributed by atoms with Crippen LogP contribution in [0.1, 0.15) is 42.3 Å². The van der Waals surface area contributed by atoms with Crippen molar-refractivity contribution >= 4 is 39.1 Å². The highest BCUT2D eigenvalue weighted by Gasteiger charge is 2.26. The second-order valence-corrected chi connectivity index (χ2v) is 8.83. The molecule has 0 aliphatic carbocycles. The van der Waals surface area contributed by atoms with Crippen molar-refractivity contribution in [2.24, 2.45) is 0 Å². The van der Waals surface area contributed by atoms with Crippen LogP contribution in [0.5, 0.6) is 0 Å². The number of hydrogen-bond acceptors (Lipinski definition) is 4. The Balaban J connectivity index is 1.29. The van der Waals surface area contributed by atoms with Gasteiger partial charge in [-0.3, -0.25) is 4.79 Å². The van der Waals surface area contributed by atoms with E-state index in [9.17, 15) is 4.79 Å². The largest absolute Gasteiger partial charge is 0.342 e. The van der Waals surface area contributed by atoms with E-state index in [0.717, 1.165) is 42.0 Å². The highest BCUT2D eigenvalue weighted by molar-refractivity contribution is 7.18. The molecule has 1 amide bonds. The van der Waals surface area contributed by atoms with E-state index in [1.54, 1.807) is 11.3 Å². The van der Waals surface area contributed by atoms with E-state index in [2.05, 4.69) is 30.4 Å². The molecule has 0 saturated carbocycles. The minimum atomic E-state index is 0.0861. The van der Waals surface area contributed by atoms with Gasteiger partial charge in [0, 0.05) is 30.1 Å². The van der Waals surface area contributed by atoms with Crippen molar-refractivity contribution in [2.45, 2.75) is 31.7 Å². The molecule has 0 bridgehead atoms. The third-order valence-corrected chi connectivity index (χ3v) is 6.85. The average molecular weight is 414 g/mol. The summed E-state index contributed by atoms with van der Waals surface area (Å²) in [6.07, 6.45) is 1.96. The summed E-state index contributed by atoms with van der Waals surface area (Å²) in [6.45, 7) is 4.00. The van der Waals surface area contributed by atoms with Gasteiger partial charge in [-0.25, -0.2) is 4.98 Å². The third kappa shape index (κ3) is 4.37. The van der Waals surface area contributed by atoms with E-state index < -0.39 is 0 Å². The van der Waals surface area contributed by atoms with Crippen LogP contribution >= 0.6 is 22.9 Å². The number of hydrogen-bond donors (Lipinski definition) is 1. The highest BCUT2D eigenvalue weighted by Crippen LogP contribution is 2.33. The lowest BCUT2D eigenvalue weighted by Gasteiger charge is -2.31. The smallest absolute Gasteiger partial charge is 0.236 e. The van der Waals surface area contributed by atoms with Crippen LogP contribution in [-0.2, 0) is 4.79 Å². The van der Waals surface area contributed by atoms with Gasteiger partial charge in [-0.15, -0.1) is 11.3 Å². The normalized spacial score (nSPS) is 16.4. The molecule has 1 saturated heterocycles. The number of para-hydroxylation sites is 1. The number of fused-ring (bicyclic) bond motifs is 1. The topological polar surface area (TPSA) is 45.2 Å². The first-order chi connectivity index (χ1) is 13.6. The lowest BCUT2D eigenvalue weighted by molar-refractivity contribution is -0.131. The van der Waals surface area contributed by atoms with Gasteiger partial charge in [0.15, 0.2) is 0 Å². The van der Waals surface area contributed by atoms with Crippen molar-refractivity contribution in [3.8, 4) is 0 Å². The van der Waals surface area contributed by atoms with Crippen molar-refractivity contribution in [1.82, 2.24) is 15.2 Å². The highest BCUT2D eigenvalue weighted by atomic mass is 35.5. The first-order valence-corrected chi connectivity index (χ1v) is 10.9. The number of carbonyl (C=O) groups is 1. The molecule has 0 radical (unpaired) electrons. The minimum absolute atomic E-state index is 0.0861. The number of aromatic nitrogens is 1. The van der Waals surface area contributed by atoms with E-state index in [-0.39, 0.29) is 11.9 Å². The fraction of sp³-hybridized carbons (Fsp3) is 0.364. The minimum Gasteiger partial charge on any atom is -0.342 e. The maximum Gasteiger partial charge on any atom is 0.236 e. The van der Waals surface area contributed by atoms with Crippen LogP contribution in [0.15, 0.2) is 48.5 Å². The molecule has 1 aliphatic rings. The summed E-state index contributed by atoms with van der Waals surface area (Å²) in [6, 6.07) is 16.1. The summed E-state index contributed by atoms with van der Waals surface area (Å²) in [7, 11) is 0. The maximum atomic E-state index is 12.6. The molecule has 0 spiro atoms. The van der Waals surface area contributed by atoms with Gasteiger partial charge in [0.1, 0.15) is 0 Å². The number of benzene rings is 2. The fourth-order valence-corrected chi connectivity index (χ4v) is 5.02. The van der Waals surface area contributed by atoms with Crippen molar-refractivity contribution in [3.05, 3.63) is 64.1 Å². The van der Waals surface area contributed by atoms with Gasteiger partial charge in [-0.2, -0.15) is 0 Å². The summed E-state index contributed by atoms with van der Waals surface area (Å²) in [5.74, 6) is 0.622. The first-order valence-electron chi connectivity index (χ1n) is 9.72. The second-order valence-electron chi connectivity index (χ2n) is 7.33. The van der Waals surface area contributed by atoms with E-state index in [1.165, 1.54) is 9.71 Å². The SMILES string of the molecule is C[C@@H](NCC(=O)N1CCC(c2nc3ccccc3s2)CC1)c1cccc(Cl)c1. The predicted molar refractivity (Wildman–Crippen MR) is 116 cm³/mol. The number of amides is 1. The summed E-state index contributed by atoms with van der Waals surface area (Å²) in [5.41, 5.74) is 2.18. The Hall–Kier alpha value is -1.95. The molecule has 1 fully saturated rings. The Kier molecular flexibility index (Phi) is 5.95. The Morgan fingerprint density at radius 1 is 1.25 bits per heavy atom. The number of nitrogens with one attached hydrogen (secondary N) is 1. The van der Waals surface area contributed by atoms with Crippen molar-refractivity contribution in [3.63, 3.8) is 0 Å². The molecule has 4 rings (SSSR count).